The number of benzene rings is 2. The summed E-state index contributed by atoms with van der Waals surface area (Å²) >= 11 is 7.53. The number of halogens is 1. The van der Waals surface area contributed by atoms with Crippen LogP contribution in [0.4, 0.5) is 0 Å². The van der Waals surface area contributed by atoms with Crippen molar-refractivity contribution in [1.29, 1.82) is 0 Å². The lowest BCUT2D eigenvalue weighted by Gasteiger charge is -2.06. The molecule has 0 spiro atoms. The van der Waals surface area contributed by atoms with E-state index in [9.17, 15) is 4.79 Å². The molecular weight excluding hydrogens is 410 g/mol. The Bertz CT molecular complexity index is 1240. The van der Waals surface area contributed by atoms with E-state index in [1.807, 2.05) is 18.2 Å². The van der Waals surface area contributed by atoms with Crippen molar-refractivity contribution in [1.82, 2.24) is 15.2 Å². The molecule has 6 nitrogen and oxygen atoms in total. The number of methoxy groups -OCH3 is 1. The Kier molecular flexibility index (Phi) is 5.60. The Hall–Kier alpha value is -2.77. The first-order valence-electron chi connectivity index (χ1n) is 9.02. The van der Waals surface area contributed by atoms with Crippen LogP contribution in [-0.4, -0.2) is 22.3 Å². The van der Waals surface area contributed by atoms with Crippen LogP contribution in [0.3, 0.4) is 0 Å². The van der Waals surface area contributed by atoms with Gasteiger partial charge in [-0.05, 0) is 41.8 Å². The van der Waals surface area contributed by atoms with Crippen LogP contribution in [0.15, 0.2) is 56.8 Å². The Morgan fingerprint density at radius 3 is 2.86 bits per heavy atom. The lowest BCUT2D eigenvalue weighted by Crippen LogP contribution is -2.00. The van der Waals surface area contributed by atoms with Crippen LogP contribution in [0.5, 0.6) is 5.75 Å². The number of ether oxygens (including phenoxy) is 1. The van der Waals surface area contributed by atoms with Crippen molar-refractivity contribution in [2.75, 3.05) is 7.11 Å². The molecule has 4 rings (SSSR count). The van der Waals surface area contributed by atoms with Crippen molar-refractivity contribution < 1.29 is 9.15 Å². The first kappa shape index (κ1) is 19.5. The molecule has 8 heteroatoms. The second-order valence-corrected chi connectivity index (χ2v) is 7.75. The fraction of sp³-hybridized carbons (Fsp3) is 0.190. The zero-order chi connectivity index (χ0) is 20.4. The van der Waals surface area contributed by atoms with Crippen molar-refractivity contribution in [3.05, 3.63) is 69.0 Å². The highest BCUT2D eigenvalue weighted by atomic mass is 35.5. The molecule has 0 bridgehead atoms. The van der Waals surface area contributed by atoms with Gasteiger partial charge in [-0.1, -0.05) is 42.4 Å². The number of aromatic amines is 1. The number of nitrogens with one attached hydrogen (secondary N) is 1. The molecule has 0 atom stereocenters. The molecular formula is C21H18ClN3O3S. The second-order valence-electron chi connectivity index (χ2n) is 6.37. The maximum Gasteiger partial charge on any atom is 0.336 e. The van der Waals surface area contributed by atoms with E-state index in [-0.39, 0.29) is 5.63 Å². The molecule has 1 N–H and O–H groups in total. The molecule has 0 unspecified atom stereocenters. The van der Waals surface area contributed by atoms with E-state index in [2.05, 4.69) is 22.1 Å². The van der Waals surface area contributed by atoms with Crippen LogP contribution in [-0.2, 0) is 12.2 Å². The van der Waals surface area contributed by atoms with Crippen LogP contribution in [0, 0.1) is 0 Å². The number of hydrogen-bond acceptors (Lipinski definition) is 6. The van der Waals surface area contributed by atoms with E-state index >= 15 is 0 Å². The molecule has 148 valence electrons. The topological polar surface area (TPSA) is 81.0 Å². The zero-order valence-corrected chi connectivity index (χ0v) is 17.4. The molecule has 0 saturated heterocycles. The highest BCUT2D eigenvalue weighted by Crippen LogP contribution is 2.32. The van der Waals surface area contributed by atoms with Gasteiger partial charge in [-0.3, -0.25) is 5.10 Å². The summed E-state index contributed by atoms with van der Waals surface area (Å²) in [6.45, 7) is 2.06. The molecule has 0 fully saturated rings. The van der Waals surface area contributed by atoms with Gasteiger partial charge in [0.15, 0.2) is 5.82 Å². The van der Waals surface area contributed by atoms with Gasteiger partial charge in [-0.15, -0.1) is 5.10 Å². The third-order valence-electron chi connectivity index (χ3n) is 4.54. The fourth-order valence-corrected chi connectivity index (χ4v) is 4.01. The summed E-state index contributed by atoms with van der Waals surface area (Å²) in [7, 11) is 1.59. The Balaban J connectivity index is 1.60. The van der Waals surface area contributed by atoms with Crippen LogP contribution in [0.1, 0.15) is 18.1 Å². The van der Waals surface area contributed by atoms with E-state index in [0.29, 0.717) is 33.1 Å². The molecule has 0 radical (unpaired) electrons. The maximum absolute atomic E-state index is 12.0. The van der Waals surface area contributed by atoms with E-state index in [0.717, 1.165) is 28.5 Å². The summed E-state index contributed by atoms with van der Waals surface area (Å²) in [5, 5.41) is 9.26. The largest absolute Gasteiger partial charge is 0.496 e. The van der Waals surface area contributed by atoms with Crippen LogP contribution in [0.2, 0.25) is 5.02 Å². The Labute approximate surface area is 176 Å². The van der Waals surface area contributed by atoms with E-state index in [1.54, 1.807) is 25.3 Å². The predicted octanol–water partition coefficient (Wildman–Crippen LogP) is 5.09. The second kappa shape index (κ2) is 8.31. The van der Waals surface area contributed by atoms with Crippen molar-refractivity contribution >= 4 is 34.3 Å². The Morgan fingerprint density at radius 2 is 2.07 bits per heavy atom. The highest BCUT2D eigenvalue weighted by Gasteiger charge is 2.13. The molecule has 4 aromatic rings. The molecule has 0 amide bonds. The Morgan fingerprint density at radius 1 is 1.21 bits per heavy atom. The monoisotopic (exact) mass is 427 g/mol. The van der Waals surface area contributed by atoms with Gasteiger partial charge in [0.25, 0.3) is 0 Å². The van der Waals surface area contributed by atoms with Gasteiger partial charge in [0.1, 0.15) is 11.3 Å². The van der Waals surface area contributed by atoms with Crippen molar-refractivity contribution in [2.24, 2.45) is 0 Å². The third kappa shape index (κ3) is 4.16. The van der Waals surface area contributed by atoms with Crippen LogP contribution in [0.25, 0.3) is 22.4 Å². The first-order valence-corrected chi connectivity index (χ1v) is 10.4. The van der Waals surface area contributed by atoms with Gasteiger partial charge in [0.05, 0.1) is 12.7 Å². The normalized spacial score (nSPS) is 11.1. The summed E-state index contributed by atoms with van der Waals surface area (Å²) in [6, 6.07) is 12.8. The average molecular weight is 428 g/mol. The molecule has 0 aliphatic rings. The quantitative estimate of drug-likeness (QED) is 0.341. The SMILES string of the molecule is CCc1ccc2c(CSc3n[nH]c(-c4cc(Cl)ccc4OC)n3)cc(=O)oc2c1. The molecule has 29 heavy (non-hydrogen) atoms. The minimum atomic E-state index is -0.360. The molecule has 2 aromatic heterocycles. The molecule has 2 heterocycles. The van der Waals surface area contributed by atoms with Gasteiger partial charge in [0, 0.05) is 22.2 Å². The van der Waals surface area contributed by atoms with Gasteiger partial charge in [-0.2, -0.15) is 0 Å². The number of aryl methyl sites for hydroxylation is 1. The summed E-state index contributed by atoms with van der Waals surface area (Å²) in [5.41, 5.74) is 2.99. The minimum Gasteiger partial charge on any atom is -0.496 e. The standard InChI is InChI=1S/C21H18ClN3O3S/c1-3-12-4-6-15-13(9-19(26)28-18(15)8-12)11-29-21-23-20(24-25-21)16-10-14(22)5-7-17(16)27-2/h4-10H,3,11H2,1-2H3,(H,23,24,25). The smallest absolute Gasteiger partial charge is 0.336 e. The number of rotatable bonds is 6. The van der Waals surface area contributed by atoms with Crippen LogP contribution >= 0.6 is 23.4 Å². The number of thioether (sulfide) groups is 1. The summed E-state index contributed by atoms with van der Waals surface area (Å²) in [4.78, 5) is 16.5. The number of fused-ring (bicyclic) bond motifs is 1. The lowest BCUT2D eigenvalue weighted by molar-refractivity contribution is 0.416. The van der Waals surface area contributed by atoms with Gasteiger partial charge in [0.2, 0.25) is 5.16 Å². The third-order valence-corrected chi connectivity index (χ3v) is 5.67. The molecule has 2 aromatic carbocycles. The number of hydrogen-bond donors (Lipinski definition) is 1. The zero-order valence-electron chi connectivity index (χ0n) is 15.9. The number of aromatic nitrogens is 3. The van der Waals surface area contributed by atoms with E-state index in [4.69, 9.17) is 20.8 Å². The van der Waals surface area contributed by atoms with E-state index in [1.165, 1.54) is 17.8 Å². The fourth-order valence-electron chi connectivity index (χ4n) is 3.05. The summed E-state index contributed by atoms with van der Waals surface area (Å²) in [6.07, 6.45) is 0.881. The summed E-state index contributed by atoms with van der Waals surface area (Å²) in [5.74, 6) is 1.76. The number of H-pyrrole nitrogens is 1. The van der Waals surface area contributed by atoms with Gasteiger partial charge in [-0.25, -0.2) is 9.78 Å². The maximum atomic E-state index is 12.0. The van der Waals surface area contributed by atoms with Crippen LogP contribution < -0.4 is 10.4 Å². The number of nitrogens with zero attached hydrogens (tertiary/aromatic N) is 2. The average Bonchev–Trinajstić information content (AvgIpc) is 3.20. The molecule has 0 aliphatic heterocycles. The highest BCUT2D eigenvalue weighted by molar-refractivity contribution is 7.98. The lowest BCUT2D eigenvalue weighted by atomic mass is 10.1. The van der Waals surface area contributed by atoms with E-state index < -0.39 is 0 Å². The predicted molar refractivity (Wildman–Crippen MR) is 115 cm³/mol. The van der Waals surface area contributed by atoms with Crippen molar-refractivity contribution in [3.63, 3.8) is 0 Å². The van der Waals surface area contributed by atoms with Crippen molar-refractivity contribution in [3.8, 4) is 17.1 Å². The summed E-state index contributed by atoms with van der Waals surface area (Å²) < 4.78 is 10.7. The van der Waals surface area contributed by atoms with Gasteiger partial charge < -0.3 is 9.15 Å². The minimum absolute atomic E-state index is 0.360. The van der Waals surface area contributed by atoms with Crippen molar-refractivity contribution in [2.45, 2.75) is 24.3 Å². The molecule has 0 aliphatic carbocycles. The molecule has 0 saturated carbocycles. The first-order chi connectivity index (χ1) is 14.1. The van der Waals surface area contributed by atoms with Gasteiger partial charge >= 0.3 is 5.63 Å².